The van der Waals surface area contributed by atoms with E-state index in [1.807, 2.05) is 18.3 Å². The molecule has 0 aliphatic heterocycles. The maximum atomic E-state index is 5.16. The SMILES string of the molecule is COc1ccc(CCNCc2ccc3[nH]ccc3c2)cc1.Cl. The molecule has 2 aromatic carbocycles. The van der Waals surface area contributed by atoms with Gasteiger partial charge in [0.25, 0.3) is 0 Å². The smallest absolute Gasteiger partial charge is 0.118 e. The highest BCUT2D eigenvalue weighted by Gasteiger charge is 1.98. The van der Waals surface area contributed by atoms with Crippen LogP contribution in [0.1, 0.15) is 11.1 Å². The molecule has 116 valence electrons. The summed E-state index contributed by atoms with van der Waals surface area (Å²) in [6, 6.07) is 16.9. The molecule has 0 atom stereocenters. The van der Waals surface area contributed by atoms with Gasteiger partial charge >= 0.3 is 0 Å². The third kappa shape index (κ3) is 4.03. The van der Waals surface area contributed by atoms with Gasteiger partial charge < -0.3 is 15.0 Å². The van der Waals surface area contributed by atoms with Crippen molar-refractivity contribution in [3.05, 3.63) is 65.9 Å². The topological polar surface area (TPSA) is 37.0 Å². The van der Waals surface area contributed by atoms with Crippen LogP contribution in [0, 0.1) is 0 Å². The van der Waals surface area contributed by atoms with Gasteiger partial charge in [0.1, 0.15) is 5.75 Å². The average molecular weight is 317 g/mol. The van der Waals surface area contributed by atoms with Gasteiger partial charge in [0.2, 0.25) is 0 Å². The summed E-state index contributed by atoms with van der Waals surface area (Å²) in [5, 5.41) is 4.76. The van der Waals surface area contributed by atoms with Gasteiger partial charge in [0, 0.05) is 18.3 Å². The van der Waals surface area contributed by atoms with Crippen LogP contribution in [0.25, 0.3) is 10.9 Å². The molecule has 0 radical (unpaired) electrons. The number of nitrogens with one attached hydrogen (secondary N) is 2. The Morgan fingerprint density at radius 2 is 1.77 bits per heavy atom. The predicted molar refractivity (Wildman–Crippen MR) is 94.0 cm³/mol. The fraction of sp³-hybridized carbons (Fsp3) is 0.222. The number of aromatic amines is 1. The summed E-state index contributed by atoms with van der Waals surface area (Å²) in [5.74, 6) is 0.909. The van der Waals surface area contributed by atoms with Crippen LogP contribution in [0.5, 0.6) is 5.75 Å². The molecule has 0 aliphatic rings. The van der Waals surface area contributed by atoms with E-state index < -0.39 is 0 Å². The van der Waals surface area contributed by atoms with Crippen molar-refractivity contribution in [3.8, 4) is 5.75 Å². The second kappa shape index (κ2) is 7.87. The minimum Gasteiger partial charge on any atom is -0.497 e. The van der Waals surface area contributed by atoms with E-state index in [0.29, 0.717) is 0 Å². The van der Waals surface area contributed by atoms with Crippen molar-refractivity contribution < 1.29 is 4.74 Å². The quantitative estimate of drug-likeness (QED) is 0.676. The second-order valence-electron chi connectivity index (χ2n) is 5.17. The largest absolute Gasteiger partial charge is 0.497 e. The van der Waals surface area contributed by atoms with Crippen LogP contribution in [0.2, 0.25) is 0 Å². The first kappa shape index (κ1) is 16.4. The zero-order valence-electron chi connectivity index (χ0n) is 12.6. The van der Waals surface area contributed by atoms with E-state index in [1.165, 1.54) is 22.0 Å². The Bertz CT molecular complexity index is 706. The van der Waals surface area contributed by atoms with Gasteiger partial charge in [-0.3, -0.25) is 0 Å². The predicted octanol–water partition coefficient (Wildman–Crippen LogP) is 3.93. The number of aromatic nitrogens is 1. The minimum absolute atomic E-state index is 0. The van der Waals surface area contributed by atoms with Crippen molar-refractivity contribution in [2.75, 3.05) is 13.7 Å². The highest BCUT2D eigenvalue weighted by molar-refractivity contribution is 5.85. The van der Waals surface area contributed by atoms with Crippen molar-refractivity contribution in [2.45, 2.75) is 13.0 Å². The Labute approximate surface area is 137 Å². The minimum atomic E-state index is 0. The normalized spacial score (nSPS) is 10.4. The molecule has 3 rings (SSSR count). The lowest BCUT2D eigenvalue weighted by atomic mass is 10.1. The number of benzene rings is 2. The molecule has 0 aliphatic carbocycles. The monoisotopic (exact) mass is 316 g/mol. The molecule has 0 saturated heterocycles. The van der Waals surface area contributed by atoms with Crippen LogP contribution in [-0.2, 0) is 13.0 Å². The molecule has 3 aromatic rings. The lowest BCUT2D eigenvalue weighted by Gasteiger charge is -2.06. The molecule has 1 heterocycles. The first-order valence-electron chi connectivity index (χ1n) is 7.25. The van der Waals surface area contributed by atoms with Crippen molar-refractivity contribution in [1.82, 2.24) is 10.3 Å². The van der Waals surface area contributed by atoms with Gasteiger partial charge in [-0.05, 0) is 59.8 Å². The Morgan fingerprint density at radius 3 is 2.55 bits per heavy atom. The van der Waals surface area contributed by atoms with Crippen molar-refractivity contribution in [2.24, 2.45) is 0 Å². The maximum Gasteiger partial charge on any atom is 0.118 e. The fourth-order valence-electron chi connectivity index (χ4n) is 2.47. The number of ether oxygens (including phenoxy) is 1. The Balaban J connectivity index is 0.00000176. The van der Waals surface area contributed by atoms with Crippen LogP contribution >= 0.6 is 12.4 Å². The highest BCUT2D eigenvalue weighted by Crippen LogP contribution is 2.14. The van der Waals surface area contributed by atoms with Crippen molar-refractivity contribution in [3.63, 3.8) is 0 Å². The van der Waals surface area contributed by atoms with Gasteiger partial charge in [0.05, 0.1) is 7.11 Å². The van der Waals surface area contributed by atoms with Crippen molar-refractivity contribution >= 4 is 23.3 Å². The third-order valence-electron chi connectivity index (χ3n) is 3.70. The fourth-order valence-corrected chi connectivity index (χ4v) is 2.47. The van der Waals surface area contributed by atoms with E-state index in [1.54, 1.807) is 7.11 Å². The highest BCUT2D eigenvalue weighted by atomic mass is 35.5. The molecule has 2 N–H and O–H groups in total. The van der Waals surface area contributed by atoms with Gasteiger partial charge in [0.15, 0.2) is 0 Å². The van der Waals surface area contributed by atoms with E-state index in [0.717, 1.165) is 25.3 Å². The summed E-state index contributed by atoms with van der Waals surface area (Å²) >= 11 is 0. The van der Waals surface area contributed by atoms with Crippen LogP contribution in [0.3, 0.4) is 0 Å². The maximum absolute atomic E-state index is 5.16. The molecule has 22 heavy (non-hydrogen) atoms. The zero-order valence-corrected chi connectivity index (χ0v) is 13.5. The molecular formula is C18H21ClN2O. The average Bonchev–Trinajstić information content (AvgIpc) is 3.00. The van der Waals surface area contributed by atoms with Gasteiger partial charge in [-0.25, -0.2) is 0 Å². The number of H-pyrrole nitrogens is 1. The van der Waals surface area contributed by atoms with E-state index >= 15 is 0 Å². The molecule has 0 bridgehead atoms. The molecule has 0 spiro atoms. The second-order valence-corrected chi connectivity index (χ2v) is 5.17. The third-order valence-corrected chi connectivity index (χ3v) is 3.70. The number of rotatable bonds is 6. The van der Waals surface area contributed by atoms with E-state index in [9.17, 15) is 0 Å². The Kier molecular flexibility index (Phi) is 5.87. The number of fused-ring (bicyclic) bond motifs is 1. The molecule has 4 heteroatoms. The molecule has 0 unspecified atom stereocenters. The molecule has 3 nitrogen and oxygen atoms in total. The number of methoxy groups -OCH3 is 1. The Morgan fingerprint density at radius 1 is 1.00 bits per heavy atom. The summed E-state index contributed by atoms with van der Waals surface area (Å²) in [5.41, 5.74) is 3.83. The molecule has 0 amide bonds. The lowest BCUT2D eigenvalue weighted by Crippen LogP contribution is -2.16. The van der Waals surface area contributed by atoms with Crippen molar-refractivity contribution in [1.29, 1.82) is 0 Å². The molecule has 0 saturated carbocycles. The van der Waals surface area contributed by atoms with Crippen LogP contribution in [-0.4, -0.2) is 18.6 Å². The zero-order chi connectivity index (χ0) is 14.5. The van der Waals surface area contributed by atoms with Gasteiger partial charge in [-0.1, -0.05) is 18.2 Å². The summed E-state index contributed by atoms with van der Waals surface area (Å²) in [6.07, 6.45) is 3.00. The van der Waals surface area contributed by atoms with Crippen LogP contribution in [0.4, 0.5) is 0 Å². The summed E-state index contributed by atoms with van der Waals surface area (Å²) in [6.45, 7) is 1.87. The van der Waals surface area contributed by atoms with E-state index in [4.69, 9.17) is 4.74 Å². The lowest BCUT2D eigenvalue weighted by molar-refractivity contribution is 0.414. The summed E-state index contributed by atoms with van der Waals surface area (Å²) in [7, 11) is 1.69. The standard InChI is InChI=1S/C18H20N2O.ClH/c1-21-17-5-2-14(3-6-17)8-10-19-13-15-4-7-18-16(12-15)9-11-20-18;/h2-7,9,11-12,19-20H,8,10,13H2,1H3;1H. The van der Waals surface area contributed by atoms with E-state index in [2.05, 4.69) is 46.7 Å². The van der Waals surface area contributed by atoms with Gasteiger partial charge in [-0.15, -0.1) is 12.4 Å². The van der Waals surface area contributed by atoms with Gasteiger partial charge in [-0.2, -0.15) is 0 Å². The number of hydrogen-bond donors (Lipinski definition) is 2. The van der Waals surface area contributed by atoms with Crippen LogP contribution in [0.15, 0.2) is 54.7 Å². The first-order valence-corrected chi connectivity index (χ1v) is 7.25. The molecule has 0 fully saturated rings. The number of halogens is 1. The van der Waals surface area contributed by atoms with E-state index in [-0.39, 0.29) is 12.4 Å². The first-order chi connectivity index (χ1) is 10.3. The number of hydrogen-bond acceptors (Lipinski definition) is 2. The molecular weight excluding hydrogens is 296 g/mol. The van der Waals surface area contributed by atoms with Crippen LogP contribution < -0.4 is 10.1 Å². The summed E-state index contributed by atoms with van der Waals surface area (Å²) in [4.78, 5) is 3.21. The summed E-state index contributed by atoms with van der Waals surface area (Å²) < 4.78 is 5.16. The molecule has 1 aromatic heterocycles. The Hall–Kier alpha value is -1.97.